The smallest absolute Gasteiger partial charge is 0.0944 e. The van der Waals surface area contributed by atoms with E-state index in [2.05, 4.69) is 66.6 Å². The highest BCUT2D eigenvalue weighted by Crippen LogP contribution is 2.21. The summed E-state index contributed by atoms with van der Waals surface area (Å²) in [6.07, 6.45) is 3.91. The number of hydrogen-bond donors (Lipinski definition) is 0. The Morgan fingerprint density at radius 1 is 1.16 bits per heavy atom. The van der Waals surface area contributed by atoms with E-state index in [9.17, 15) is 0 Å². The van der Waals surface area contributed by atoms with Crippen LogP contribution in [0.3, 0.4) is 0 Å². The van der Waals surface area contributed by atoms with E-state index in [1.165, 1.54) is 11.4 Å². The highest BCUT2D eigenvalue weighted by Gasteiger charge is 2.06. The molecular weight excluding hydrogens is 234 g/mol. The zero-order valence-corrected chi connectivity index (χ0v) is 11.3. The van der Waals surface area contributed by atoms with Gasteiger partial charge in [-0.15, -0.1) is 6.58 Å². The van der Waals surface area contributed by atoms with Crippen LogP contribution in [0.25, 0.3) is 16.6 Å². The van der Waals surface area contributed by atoms with Gasteiger partial charge < -0.3 is 4.57 Å². The maximum Gasteiger partial charge on any atom is 0.0944 e. The monoisotopic (exact) mass is 251 g/mol. The van der Waals surface area contributed by atoms with Crippen molar-refractivity contribution in [3.8, 4) is 5.69 Å². The SMILES string of the molecule is C=CCn1cc2ccc(-n3c(C)ccc3C)cc2n1. The third-order valence-electron chi connectivity index (χ3n) is 3.38. The standard InChI is InChI=1S/C16H17N3/c1-4-9-18-11-14-7-8-15(10-16(14)17-18)19-12(2)5-6-13(19)3/h4-8,10-11H,1,9H2,2-3H3. The molecule has 0 amide bonds. The fourth-order valence-corrected chi connectivity index (χ4v) is 2.50. The van der Waals surface area contributed by atoms with Gasteiger partial charge in [-0.25, -0.2) is 0 Å². The molecule has 3 nitrogen and oxygen atoms in total. The fourth-order valence-electron chi connectivity index (χ4n) is 2.50. The quantitative estimate of drug-likeness (QED) is 0.652. The molecule has 0 unspecified atom stereocenters. The summed E-state index contributed by atoms with van der Waals surface area (Å²) in [7, 11) is 0. The normalized spacial score (nSPS) is 11.1. The van der Waals surface area contributed by atoms with Gasteiger partial charge in [0.25, 0.3) is 0 Å². The molecule has 0 aliphatic heterocycles. The van der Waals surface area contributed by atoms with Crippen molar-refractivity contribution in [3.63, 3.8) is 0 Å². The van der Waals surface area contributed by atoms with Crippen molar-refractivity contribution in [1.82, 2.24) is 14.3 Å². The van der Waals surface area contributed by atoms with Crippen molar-refractivity contribution in [2.45, 2.75) is 20.4 Å². The van der Waals surface area contributed by atoms with Crippen LogP contribution in [0.15, 0.2) is 49.2 Å². The lowest BCUT2D eigenvalue weighted by molar-refractivity contribution is 0.712. The lowest BCUT2D eigenvalue weighted by Gasteiger charge is -2.08. The van der Waals surface area contributed by atoms with Gasteiger partial charge in [0, 0.05) is 28.7 Å². The molecule has 0 spiro atoms. The molecular formula is C16H17N3. The van der Waals surface area contributed by atoms with Crippen LogP contribution in [0.1, 0.15) is 11.4 Å². The van der Waals surface area contributed by atoms with Gasteiger partial charge in [-0.2, -0.15) is 5.10 Å². The van der Waals surface area contributed by atoms with Crippen molar-refractivity contribution >= 4 is 10.9 Å². The first kappa shape index (κ1) is 11.8. The molecule has 0 saturated carbocycles. The first-order valence-corrected chi connectivity index (χ1v) is 6.42. The average molecular weight is 251 g/mol. The number of allylic oxidation sites excluding steroid dienone is 1. The third kappa shape index (κ3) is 1.97. The number of fused-ring (bicyclic) bond motifs is 1. The molecule has 0 N–H and O–H groups in total. The van der Waals surface area contributed by atoms with Crippen LogP contribution in [0.2, 0.25) is 0 Å². The molecule has 0 aliphatic rings. The van der Waals surface area contributed by atoms with Crippen LogP contribution < -0.4 is 0 Å². The Morgan fingerprint density at radius 3 is 2.58 bits per heavy atom. The van der Waals surface area contributed by atoms with E-state index in [1.54, 1.807) is 0 Å². The van der Waals surface area contributed by atoms with Crippen LogP contribution in [0, 0.1) is 13.8 Å². The van der Waals surface area contributed by atoms with E-state index in [4.69, 9.17) is 0 Å². The summed E-state index contributed by atoms with van der Waals surface area (Å²) in [5, 5.41) is 5.72. The lowest BCUT2D eigenvalue weighted by atomic mass is 10.2. The molecule has 19 heavy (non-hydrogen) atoms. The molecule has 3 rings (SSSR count). The van der Waals surface area contributed by atoms with E-state index < -0.39 is 0 Å². The minimum absolute atomic E-state index is 0.742. The van der Waals surface area contributed by atoms with Gasteiger partial charge in [0.15, 0.2) is 0 Å². The first-order chi connectivity index (χ1) is 9.19. The Kier molecular flexibility index (Phi) is 2.75. The topological polar surface area (TPSA) is 22.8 Å². The zero-order valence-electron chi connectivity index (χ0n) is 11.3. The van der Waals surface area contributed by atoms with Crippen LogP contribution in [-0.4, -0.2) is 14.3 Å². The Labute approximate surface area is 112 Å². The highest BCUT2D eigenvalue weighted by molar-refractivity contribution is 5.80. The van der Waals surface area contributed by atoms with E-state index in [0.29, 0.717) is 0 Å². The molecule has 0 saturated heterocycles. The number of aryl methyl sites for hydroxylation is 2. The maximum atomic E-state index is 4.56. The zero-order chi connectivity index (χ0) is 13.4. The highest BCUT2D eigenvalue weighted by atomic mass is 15.3. The summed E-state index contributed by atoms with van der Waals surface area (Å²) in [5.41, 5.74) is 4.66. The first-order valence-electron chi connectivity index (χ1n) is 6.42. The number of hydrogen-bond acceptors (Lipinski definition) is 1. The molecule has 3 heteroatoms. The summed E-state index contributed by atoms with van der Waals surface area (Å²) in [6, 6.07) is 10.7. The molecule has 1 aromatic carbocycles. The molecule has 3 aromatic rings. The summed E-state index contributed by atoms with van der Waals surface area (Å²) in [4.78, 5) is 0. The predicted octanol–water partition coefficient (Wildman–Crippen LogP) is 3.63. The van der Waals surface area contributed by atoms with Crippen LogP contribution in [0.4, 0.5) is 0 Å². The second-order valence-electron chi connectivity index (χ2n) is 4.83. The van der Waals surface area contributed by atoms with Gasteiger partial charge in [-0.1, -0.05) is 6.08 Å². The molecule has 0 fully saturated rings. The Morgan fingerprint density at radius 2 is 1.89 bits per heavy atom. The third-order valence-corrected chi connectivity index (χ3v) is 3.38. The van der Waals surface area contributed by atoms with Gasteiger partial charge in [0.1, 0.15) is 0 Å². The van der Waals surface area contributed by atoms with E-state index in [-0.39, 0.29) is 0 Å². The van der Waals surface area contributed by atoms with Gasteiger partial charge in [0.05, 0.1) is 12.1 Å². The summed E-state index contributed by atoms with van der Waals surface area (Å²) in [5.74, 6) is 0. The van der Waals surface area contributed by atoms with Crippen molar-refractivity contribution in [2.24, 2.45) is 0 Å². The summed E-state index contributed by atoms with van der Waals surface area (Å²) in [6.45, 7) is 8.72. The maximum absolute atomic E-state index is 4.56. The van der Waals surface area contributed by atoms with Crippen molar-refractivity contribution in [3.05, 3.63) is 60.6 Å². The number of benzene rings is 1. The molecule has 0 bridgehead atoms. The van der Waals surface area contributed by atoms with Crippen molar-refractivity contribution < 1.29 is 0 Å². The molecule has 0 radical (unpaired) electrons. The Balaban J connectivity index is 2.13. The molecule has 0 aliphatic carbocycles. The van der Waals surface area contributed by atoms with Crippen LogP contribution in [0.5, 0.6) is 0 Å². The van der Waals surface area contributed by atoms with Crippen molar-refractivity contribution in [2.75, 3.05) is 0 Å². The molecule has 0 atom stereocenters. The largest absolute Gasteiger partial charge is 0.318 e. The Hall–Kier alpha value is -2.29. The van der Waals surface area contributed by atoms with Gasteiger partial charge >= 0.3 is 0 Å². The molecule has 2 aromatic heterocycles. The fraction of sp³-hybridized carbons (Fsp3) is 0.188. The van der Waals surface area contributed by atoms with E-state index >= 15 is 0 Å². The number of nitrogens with zero attached hydrogens (tertiary/aromatic N) is 3. The van der Waals surface area contributed by atoms with Crippen molar-refractivity contribution in [1.29, 1.82) is 0 Å². The summed E-state index contributed by atoms with van der Waals surface area (Å²) < 4.78 is 4.16. The average Bonchev–Trinajstić information content (AvgIpc) is 2.92. The van der Waals surface area contributed by atoms with E-state index in [1.807, 2.05) is 10.8 Å². The van der Waals surface area contributed by atoms with Crippen LogP contribution in [-0.2, 0) is 6.54 Å². The lowest BCUT2D eigenvalue weighted by Crippen LogP contribution is -1.98. The second-order valence-corrected chi connectivity index (χ2v) is 4.83. The molecule has 96 valence electrons. The van der Waals surface area contributed by atoms with Gasteiger partial charge in [0.2, 0.25) is 0 Å². The van der Waals surface area contributed by atoms with Gasteiger partial charge in [-0.3, -0.25) is 4.68 Å². The number of rotatable bonds is 3. The minimum atomic E-state index is 0.742. The Bertz CT molecular complexity index is 727. The number of aromatic nitrogens is 3. The summed E-state index contributed by atoms with van der Waals surface area (Å²) >= 11 is 0. The second kappa shape index (κ2) is 4.43. The molecule has 2 heterocycles. The minimum Gasteiger partial charge on any atom is -0.318 e. The predicted molar refractivity (Wildman–Crippen MR) is 78.7 cm³/mol. The van der Waals surface area contributed by atoms with E-state index in [0.717, 1.165) is 23.1 Å². The van der Waals surface area contributed by atoms with Crippen LogP contribution >= 0.6 is 0 Å². The van der Waals surface area contributed by atoms with Gasteiger partial charge in [-0.05, 0) is 44.2 Å².